The molecule has 3 nitrogen and oxygen atoms in total. The molecule has 4 aromatic rings. The minimum atomic E-state index is -2.12. The van der Waals surface area contributed by atoms with Gasteiger partial charge in [-0.25, -0.2) is 4.79 Å². The number of halogens is 1. The molecule has 0 radical (unpaired) electrons. The van der Waals surface area contributed by atoms with Gasteiger partial charge in [-0.2, -0.15) is 0 Å². The van der Waals surface area contributed by atoms with Crippen molar-refractivity contribution < 1.29 is 31.2 Å². The van der Waals surface area contributed by atoms with Gasteiger partial charge >= 0.3 is 5.97 Å². The Morgan fingerprint density at radius 1 is 0.686 bits per heavy atom. The average molecular weight is 547 g/mol. The molecule has 0 aliphatic heterocycles. The number of methoxy groups -OCH3 is 2. The monoisotopic (exact) mass is 546 g/mol. The van der Waals surface area contributed by atoms with Crippen molar-refractivity contribution >= 4 is 34.7 Å². The maximum absolute atomic E-state index is 12.7. The molecule has 0 aliphatic carbocycles. The predicted molar refractivity (Wildman–Crippen MR) is 142 cm³/mol. The van der Waals surface area contributed by atoms with Gasteiger partial charge < -0.3 is 26.5 Å². The lowest BCUT2D eigenvalue weighted by molar-refractivity contribution is -0.133. The third-order valence-corrected chi connectivity index (χ3v) is 10.3. The van der Waals surface area contributed by atoms with Crippen molar-refractivity contribution in [1.82, 2.24) is 0 Å². The molecule has 5 heteroatoms. The van der Waals surface area contributed by atoms with Gasteiger partial charge in [0.15, 0.2) is 0 Å². The summed E-state index contributed by atoms with van der Waals surface area (Å²) < 4.78 is 10.3. The quantitative estimate of drug-likeness (QED) is 0.147. The maximum atomic E-state index is 12.7. The summed E-state index contributed by atoms with van der Waals surface area (Å²) in [5.41, 5.74) is 2.30. The van der Waals surface area contributed by atoms with Crippen molar-refractivity contribution in [3.05, 3.63) is 133 Å². The van der Waals surface area contributed by atoms with Gasteiger partial charge in [-0.15, -0.1) is 0 Å². The summed E-state index contributed by atoms with van der Waals surface area (Å²) in [5.74, 6) is -0.419. The second-order valence-electron chi connectivity index (χ2n) is 7.89. The highest BCUT2D eigenvalue weighted by Crippen LogP contribution is 2.58. The topological polar surface area (TPSA) is 35.5 Å². The Balaban J connectivity index is 0.00000342. The molecule has 0 saturated heterocycles. The van der Waals surface area contributed by atoms with Crippen LogP contribution in [0.3, 0.4) is 0 Å². The Kier molecular flexibility index (Phi) is 9.42. The minimum Gasteiger partial charge on any atom is -1.00 e. The van der Waals surface area contributed by atoms with Crippen LogP contribution in [0.2, 0.25) is 0 Å². The van der Waals surface area contributed by atoms with Gasteiger partial charge in [0.25, 0.3) is 0 Å². The van der Waals surface area contributed by atoms with E-state index < -0.39 is 13.2 Å². The Labute approximate surface area is 218 Å². The first-order valence-corrected chi connectivity index (χ1v) is 13.1. The molecule has 4 aromatic carbocycles. The van der Waals surface area contributed by atoms with E-state index in [0.717, 1.165) is 17.3 Å². The number of carbonyl (C=O) groups is 1. The first-order valence-electron chi connectivity index (χ1n) is 11.1. The molecule has 0 N–H and O–H groups in total. The Morgan fingerprint density at radius 2 is 1.11 bits per heavy atom. The summed E-state index contributed by atoms with van der Waals surface area (Å²) in [5, 5.41) is 3.87. The van der Waals surface area contributed by atoms with Crippen LogP contribution in [0.4, 0.5) is 0 Å². The van der Waals surface area contributed by atoms with E-state index in [2.05, 4.69) is 97.1 Å². The van der Waals surface area contributed by atoms with Crippen molar-refractivity contribution in [3.63, 3.8) is 0 Å². The third-order valence-electron chi connectivity index (χ3n) is 5.95. The molecular weight excluding hydrogens is 519 g/mol. The van der Waals surface area contributed by atoms with Crippen molar-refractivity contribution in [2.45, 2.75) is 6.16 Å². The molecule has 0 bridgehead atoms. The van der Waals surface area contributed by atoms with Gasteiger partial charge in [-0.1, -0.05) is 78.9 Å². The van der Waals surface area contributed by atoms with Crippen molar-refractivity contribution in [2.75, 3.05) is 14.2 Å². The number of hydrogen-bond donors (Lipinski definition) is 0. The van der Waals surface area contributed by atoms with Gasteiger partial charge in [-0.05, 0) is 47.5 Å². The second kappa shape index (κ2) is 12.5. The van der Waals surface area contributed by atoms with E-state index in [1.807, 2.05) is 18.2 Å². The van der Waals surface area contributed by atoms with E-state index >= 15 is 0 Å². The Bertz CT molecular complexity index is 1160. The average Bonchev–Trinajstić information content (AvgIpc) is 2.92. The molecule has 0 unspecified atom stereocenters. The fourth-order valence-electron chi connectivity index (χ4n) is 4.39. The van der Waals surface area contributed by atoms with Gasteiger partial charge in [-0.3, -0.25) is 0 Å². The summed E-state index contributed by atoms with van der Waals surface area (Å²) in [6.45, 7) is 0. The van der Waals surface area contributed by atoms with Crippen LogP contribution in [0.5, 0.6) is 0 Å². The molecule has 178 valence electrons. The number of hydrogen-bond acceptors (Lipinski definition) is 3. The van der Waals surface area contributed by atoms with Gasteiger partial charge in [0.2, 0.25) is 0 Å². The first kappa shape index (κ1) is 26.4. The normalized spacial score (nSPS) is 11.3. The number of ether oxygens (including phenoxy) is 2. The molecule has 0 spiro atoms. The van der Waals surface area contributed by atoms with E-state index in [-0.39, 0.29) is 17.0 Å². The maximum Gasteiger partial charge on any atom is 0.341 e. The highest BCUT2D eigenvalue weighted by Gasteiger charge is 2.46. The van der Waals surface area contributed by atoms with Crippen LogP contribution in [0, 0.1) is 0 Å². The van der Waals surface area contributed by atoms with Crippen LogP contribution in [0.15, 0.2) is 122 Å². The summed E-state index contributed by atoms with van der Waals surface area (Å²) in [6.07, 6.45) is 2.22. The Morgan fingerprint density at radius 3 is 1.54 bits per heavy atom. The summed E-state index contributed by atoms with van der Waals surface area (Å²) in [7, 11) is 0.815. The predicted octanol–water partition coefficient (Wildman–Crippen LogP) is 2.34. The van der Waals surface area contributed by atoms with Crippen molar-refractivity contribution in [2.24, 2.45) is 0 Å². The fraction of sp³-hybridized carbons (Fsp3) is 0.100. The zero-order valence-electron chi connectivity index (χ0n) is 19.8. The molecule has 0 aliphatic rings. The zero-order chi connectivity index (χ0) is 23.8. The smallest absolute Gasteiger partial charge is 0.341 e. The van der Waals surface area contributed by atoms with Crippen molar-refractivity contribution in [1.29, 1.82) is 0 Å². The van der Waals surface area contributed by atoms with Crippen LogP contribution in [-0.2, 0) is 20.4 Å². The summed E-state index contributed by atoms with van der Waals surface area (Å²) in [4.78, 5) is 12.7. The highest BCUT2D eigenvalue weighted by atomic mass is 79.9. The van der Waals surface area contributed by atoms with E-state index in [1.54, 1.807) is 7.11 Å². The van der Waals surface area contributed by atoms with E-state index in [0.29, 0.717) is 5.57 Å². The van der Waals surface area contributed by atoms with Gasteiger partial charge in [0.05, 0.1) is 26.6 Å². The minimum absolute atomic E-state index is 0. The molecule has 4 rings (SSSR count). The van der Waals surface area contributed by atoms with E-state index in [4.69, 9.17) is 9.47 Å². The Hall–Kier alpha value is -3.20. The first-order chi connectivity index (χ1) is 16.7. The molecule has 0 amide bonds. The number of benzene rings is 4. The largest absolute Gasteiger partial charge is 1.00 e. The molecule has 35 heavy (non-hydrogen) atoms. The molecule has 0 heterocycles. The third kappa shape index (κ3) is 5.56. The van der Waals surface area contributed by atoms with Crippen LogP contribution < -0.4 is 32.9 Å². The lowest BCUT2D eigenvalue weighted by Gasteiger charge is -2.28. The highest BCUT2D eigenvalue weighted by molar-refractivity contribution is 7.95. The summed E-state index contributed by atoms with van der Waals surface area (Å²) in [6, 6.07) is 40.2. The lowest BCUT2D eigenvalue weighted by atomic mass is 10.0. The zero-order valence-corrected chi connectivity index (χ0v) is 22.3. The van der Waals surface area contributed by atoms with E-state index in [1.165, 1.54) is 29.3 Å². The number of carbonyl (C=O) groups excluding carboxylic acids is 1. The lowest BCUT2D eigenvalue weighted by Crippen LogP contribution is -3.00. The van der Waals surface area contributed by atoms with Gasteiger partial charge in [0.1, 0.15) is 28.7 Å². The molecule has 0 fully saturated rings. The van der Waals surface area contributed by atoms with Crippen LogP contribution in [0.1, 0.15) is 11.1 Å². The second-order valence-corrected chi connectivity index (χ2v) is 11.4. The van der Waals surface area contributed by atoms with Crippen molar-refractivity contribution in [3.8, 4) is 0 Å². The van der Waals surface area contributed by atoms with Crippen LogP contribution in [0.25, 0.3) is 5.57 Å². The number of esters is 1. The van der Waals surface area contributed by atoms with Gasteiger partial charge in [0, 0.05) is 0 Å². The SMILES string of the molecule is CO/C=C(/C(=O)OC)c1ccccc1C[P+](c1ccccc1)(c1ccccc1)c1ccccc1.[Br-]. The molecular formula is C30H28BrO3P. The molecule has 0 saturated carbocycles. The van der Waals surface area contributed by atoms with Crippen LogP contribution >= 0.6 is 7.26 Å². The fourth-order valence-corrected chi connectivity index (χ4v) is 8.67. The van der Waals surface area contributed by atoms with Crippen LogP contribution in [-0.4, -0.2) is 20.2 Å². The van der Waals surface area contributed by atoms with E-state index in [9.17, 15) is 4.79 Å². The standard InChI is InChI=1S/C30H28O3P.BrH/c1-32-22-29(30(31)33-2)28-21-13-12-14-24(28)23-34(25-15-6-3-7-16-25,26-17-8-4-9-18-26)27-19-10-5-11-20-27;/h3-22H,23H2,1-2H3;1H/q+1;/p-1/b29-22+;. The number of rotatable bonds is 8. The molecule has 0 aromatic heterocycles. The summed E-state index contributed by atoms with van der Waals surface area (Å²) >= 11 is 0. The molecule has 0 atom stereocenters.